The van der Waals surface area contributed by atoms with Crippen LogP contribution >= 0.6 is 22.7 Å². The molecule has 1 atom stereocenters. The number of hydrogen-bond acceptors (Lipinski definition) is 4. The Morgan fingerprint density at radius 1 is 1.17 bits per heavy atom. The molecule has 0 saturated carbocycles. The van der Waals surface area contributed by atoms with Gasteiger partial charge in [-0.1, -0.05) is 18.2 Å². The van der Waals surface area contributed by atoms with Crippen LogP contribution in [0.1, 0.15) is 22.8 Å². The van der Waals surface area contributed by atoms with Crippen molar-refractivity contribution in [2.45, 2.75) is 19.4 Å². The number of rotatable bonds is 4. The van der Waals surface area contributed by atoms with Crippen LogP contribution in [0.15, 0.2) is 53.4 Å². The van der Waals surface area contributed by atoms with E-state index < -0.39 is 0 Å². The second-order valence-corrected chi connectivity index (χ2v) is 7.67. The van der Waals surface area contributed by atoms with Crippen molar-refractivity contribution in [3.63, 3.8) is 0 Å². The molecule has 24 heavy (non-hydrogen) atoms. The Bertz CT molecular complexity index is 1020. The Hall–Kier alpha value is -2.24. The molecule has 4 aromatic rings. The summed E-state index contributed by atoms with van der Waals surface area (Å²) in [6.45, 7) is 2.05. The second-order valence-electron chi connectivity index (χ2n) is 5.87. The smallest absolute Gasteiger partial charge is 0.251 e. The van der Waals surface area contributed by atoms with Crippen LogP contribution in [0.25, 0.3) is 20.3 Å². The van der Waals surface area contributed by atoms with Crippen molar-refractivity contribution in [3.05, 3.63) is 64.5 Å². The standard InChI is InChI=1S/C19H16N2OS2/c1-12(8-14-10-23-17-5-3-2-4-15(14)17)21-19(22)13-6-7-16-18(9-13)24-11-20-16/h2-7,9-12H,8H2,1H3,(H,21,22)/t12-/m1/s1. The van der Waals surface area contributed by atoms with Gasteiger partial charge < -0.3 is 5.32 Å². The number of carbonyl (C=O) groups is 1. The average molecular weight is 352 g/mol. The van der Waals surface area contributed by atoms with Gasteiger partial charge in [0.25, 0.3) is 5.91 Å². The number of aromatic nitrogens is 1. The highest BCUT2D eigenvalue weighted by Crippen LogP contribution is 2.26. The number of carbonyl (C=O) groups excluding carboxylic acids is 1. The van der Waals surface area contributed by atoms with Crippen molar-refractivity contribution in [3.8, 4) is 0 Å². The van der Waals surface area contributed by atoms with Crippen molar-refractivity contribution in [1.29, 1.82) is 0 Å². The first-order valence-electron chi connectivity index (χ1n) is 7.80. The number of benzene rings is 2. The van der Waals surface area contributed by atoms with Gasteiger partial charge in [-0.25, -0.2) is 4.98 Å². The molecule has 0 unspecified atom stereocenters. The molecule has 0 fully saturated rings. The lowest BCUT2D eigenvalue weighted by atomic mass is 10.1. The zero-order valence-corrected chi connectivity index (χ0v) is 14.8. The predicted octanol–water partition coefficient (Wildman–Crippen LogP) is 4.87. The minimum absolute atomic E-state index is 0.0302. The highest BCUT2D eigenvalue weighted by atomic mass is 32.1. The fourth-order valence-corrected chi connectivity index (χ4v) is 4.57. The monoisotopic (exact) mass is 352 g/mol. The lowest BCUT2D eigenvalue weighted by molar-refractivity contribution is 0.0940. The van der Waals surface area contributed by atoms with Gasteiger partial charge in [-0.05, 0) is 53.9 Å². The number of thiophene rings is 1. The molecule has 0 radical (unpaired) electrons. The summed E-state index contributed by atoms with van der Waals surface area (Å²) in [7, 11) is 0. The van der Waals surface area contributed by atoms with E-state index in [4.69, 9.17) is 0 Å². The molecule has 0 aliphatic heterocycles. The molecule has 5 heteroatoms. The van der Waals surface area contributed by atoms with E-state index in [0.717, 1.165) is 16.6 Å². The zero-order chi connectivity index (χ0) is 16.5. The van der Waals surface area contributed by atoms with Crippen molar-refractivity contribution in [2.24, 2.45) is 0 Å². The second kappa shape index (κ2) is 6.34. The Morgan fingerprint density at radius 2 is 2.04 bits per heavy atom. The molecule has 0 saturated heterocycles. The zero-order valence-electron chi connectivity index (χ0n) is 13.2. The van der Waals surface area contributed by atoms with Gasteiger partial charge in [-0.3, -0.25) is 4.79 Å². The fourth-order valence-electron chi connectivity index (χ4n) is 2.88. The quantitative estimate of drug-likeness (QED) is 0.569. The lowest BCUT2D eigenvalue weighted by Crippen LogP contribution is -2.34. The van der Waals surface area contributed by atoms with Crippen LogP contribution in [-0.2, 0) is 6.42 Å². The molecule has 2 heterocycles. The van der Waals surface area contributed by atoms with Crippen LogP contribution in [0.3, 0.4) is 0 Å². The molecule has 0 bridgehead atoms. The molecule has 4 rings (SSSR count). The fraction of sp³-hybridized carbons (Fsp3) is 0.158. The maximum atomic E-state index is 12.5. The molecule has 2 aromatic heterocycles. The first-order chi connectivity index (χ1) is 11.7. The Balaban J connectivity index is 1.48. The van der Waals surface area contributed by atoms with E-state index in [2.05, 4.69) is 46.9 Å². The molecule has 3 nitrogen and oxygen atoms in total. The van der Waals surface area contributed by atoms with Gasteiger partial charge in [0.05, 0.1) is 15.7 Å². The summed E-state index contributed by atoms with van der Waals surface area (Å²) < 4.78 is 2.33. The van der Waals surface area contributed by atoms with E-state index in [1.54, 1.807) is 28.2 Å². The Labute approximate surface area is 148 Å². The Kier molecular flexibility index (Phi) is 4.04. The van der Waals surface area contributed by atoms with Crippen molar-refractivity contribution < 1.29 is 4.79 Å². The topological polar surface area (TPSA) is 42.0 Å². The average Bonchev–Trinajstić information content (AvgIpc) is 3.21. The maximum absolute atomic E-state index is 12.5. The van der Waals surface area contributed by atoms with E-state index in [-0.39, 0.29) is 11.9 Å². The van der Waals surface area contributed by atoms with E-state index in [0.29, 0.717) is 5.56 Å². The molecule has 0 aliphatic carbocycles. The lowest BCUT2D eigenvalue weighted by Gasteiger charge is -2.13. The van der Waals surface area contributed by atoms with Gasteiger partial charge in [-0.2, -0.15) is 0 Å². The van der Waals surface area contributed by atoms with E-state index in [1.807, 2.05) is 18.2 Å². The van der Waals surface area contributed by atoms with Gasteiger partial charge in [0, 0.05) is 16.3 Å². The number of fused-ring (bicyclic) bond motifs is 2. The van der Waals surface area contributed by atoms with Crippen LogP contribution in [0.5, 0.6) is 0 Å². The van der Waals surface area contributed by atoms with E-state index in [1.165, 1.54) is 15.6 Å². The largest absolute Gasteiger partial charge is 0.349 e. The third-order valence-corrected chi connectivity index (χ3v) is 5.86. The summed E-state index contributed by atoms with van der Waals surface area (Å²) in [4.78, 5) is 16.7. The van der Waals surface area contributed by atoms with Crippen molar-refractivity contribution in [2.75, 3.05) is 0 Å². The molecule has 0 aliphatic rings. The van der Waals surface area contributed by atoms with Gasteiger partial charge in [0.1, 0.15) is 0 Å². The highest BCUT2D eigenvalue weighted by Gasteiger charge is 2.13. The van der Waals surface area contributed by atoms with E-state index in [9.17, 15) is 4.79 Å². The molecule has 120 valence electrons. The first kappa shape index (κ1) is 15.3. The number of thiazole rings is 1. The first-order valence-corrected chi connectivity index (χ1v) is 9.56. The van der Waals surface area contributed by atoms with Crippen LogP contribution in [0, 0.1) is 0 Å². The molecule has 1 amide bonds. The molecule has 0 spiro atoms. The number of nitrogens with zero attached hydrogens (tertiary/aromatic N) is 1. The van der Waals surface area contributed by atoms with Gasteiger partial charge >= 0.3 is 0 Å². The highest BCUT2D eigenvalue weighted by molar-refractivity contribution is 7.17. The molecular formula is C19H16N2OS2. The summed E-state index contributed by atoms with van der Waals surface area (Å²) >= 11 is 3.31. The van der Waals surface area contributed by atoms with Gasteiger partial charge in [0.2, 0.25) is 0 Å². The minimum atomic E-state index is -0.0302. The minimum Gasteiger partial charge on any atom is -0.349 e. The van der Waals surface area contributed by atoms with Gasteiger partial charge in [-0.15, -0.1) is 22.7 Å². The predicted molar refractivity (Wildman–Crippen MR) is 102 cm³/mol. The van der Waals surface area contributed by atoms with Gasteiger partial charge in [0.15, 0.2) is 0 Å². The Morgan fingerprint density at radius 3 is 2.96 bits per heavy atom. The molecular weight excluding hydrogens is 336 g/mol. The third-order valence-electron chi connectivity index (χ3n) is 4.06. The van der Waals surface area contributed by atoms with Crippen molar-refractivity contribution in [1.82, 2.24) is 10.3 Å². The number of nitrogens with one attached hydrogen (secondary N) is 1. The molecule has 2 aromatic carbocycles. The van der Waals surface area contributed by atoms with Crippen LogP contribution in [0.4, 0.5) is 0 Å². The van der Waals surface area contributed by atoms with Crippen LogP contribution < -0.4 is 5.32 Å². The SMILES string of the molecule is C[C@H](Cc1csc2ccccc12)NC(=O)c1ccc2ncsc2c1. The molecule has 1 N–H and O–H groups in total. The third kappa shape index (κ3) is 2.92. The van der Waals surface area contributed by atoms with Crippen LogP contribution in [0.2, 0.25) is 0 Å². The number of hydrogen-bond donors (Lipinski definition) is 1. The maximum Gasteiger partial charge on any atom is 0.251 e. The number of amides is 1. The normalized spacial score (nSPS) is 12.5. The summed E-state index contributed by atoms with van der Waals surface area (Å²) in [6.07, 6.45) is 0.832. The van der Waals surface area contributed by atoms with E-state index >= 15 is 0 Å². The summed E-state index contributed by atoms with van der Waals surface area (Å²) in [5.41, 5.74) is 4.72. The summed E-state index contributed by atoms with van der Waals surface area (Å²) in [5, 5.41) is 6.58. The summed E-state index contributed by atoms with van der Waals surface area (Å²) in [6, 6.07) is 14.1. The van der Waals surface area contributed by atoms with Crippen LogP contribution in [-0.4, -0.2) is 16.9 Å². The van der Waals surface area contributed by atoms with Crippen molar-refractivity contribution >= 4 is 48.9 Å². The summed E-state index contributed by atoms with van der Waals surface area (Å²) in [5.74, 6) is -0.0302.